The summed E-state index contributed by atoms with van der Waals surface area (Å²) in [6, 6.07) is 5.78. The van der Waals surface area contributed by atoms with E-state index in [-0.39, 0.29) is 6.61 Å². The zero-order valence-electron chi connectivity index (χ0n) is 8.96. The molecule has 0 radical (unpaired) electrons. The fourth-order valence-electron chi connectivity index (χ4n) is 1.36. The molecule has 3 N–H and O–H groups in total. The molecule has 0 bridgehead atoms. The van der Waals surface area contributed by atoms with E-state index >= 15 is 0 Å². The summed E-state index contributed by atoms with van der Waals surface area (Å²) in [5.41, 5.74) is 6.28. The van der Waals surface area contributed by atoms with Crippen LogP contribution in [0.4, 0.5) is 0 Å². The number of nitrogens with two attached hydrogens (primary N) is 1. The number of rotatable bonds is 4. The van der Waals surface area contributed by atoms with Gasteiger partial charge in [-0.3, -0.25) is 0 Å². The predicted octanol–water partition coefficient (Wildman–Crippen LogP) is 1.71. The summed E-state index contributed by atoms with van der Waals surface area (Å²) in [4.78, 5) is 0. The van der Waals surface area contributed by atoms with Crippen LogP contribution >= 0.6 is 15.9 Å². The van der Waals surface area contributed by atoms with E-state index in [1.54, 1.807) is 7.11 Å². The van der Waals surface area contributed by atoms with Crippen molar-refractivity contribution in [2.45, 2.75) is 18.9 Å². The highest BCUT2D eigenvalue weighted by molar-refractivity contribution is 9.10. The van der Waals surface area contributed by atoms with Gasteiger partial charge in [-0.1, -0.05) is 22.0 Å². The van der Waals surface area contributed by atoms with Crippen molar-refractivity contribution < 1.29 is 9.84 Å². The lowest BCUT2D eigenvalue weighted by Gasteiger charge is -2.22. The number of methoxy groups -OCH3 is 1. The van der Waals surface area contributed by atoms with Gasteiger partial charge in [0.1, 0.15) is 5.75 Å². The summed E-state index contributed by atoms with van der Waals surface area (Å²) in [7, 11) is 1.62. The normalized spacial score (nSPS) is 14.7. The van der Waals surface area contributed by atoms with Gasteiger partial charge in [-0.05, 0) is 31.0 Å². The highest BCUT2D eigenvalue weighted by Crippen LogP contribution is 2.26. The Balaban J connectivity index is 2.94. The molecular weight excluding hydrogens is 258 g/mol. The molecule has 3 nitrogen and oxygen atoms in total. The minimum Gasteiger partial charge on any atom is -0.496 e. The molecule has 15 heavy (non-hydrogen) atoms. The molecule has 1 aromatic carbocycles. The van der Waals surface area contributed by atoms with E-state index in [1.165, 1.54) is 0 Å². The number of aliphatic hydroxyl groups is 1. The fraction of sp³-hybridized carbons (Fsp3) is 0.455. The summed E-state index contributed by atoms with van der Waals surface area (Å²) in [6.45, 7) is 1.76. The molecule has 4 heteroatoms. The summed E-state index contributed by atoms with van der Waals surface area (Å²) < 4.78 is 6.21. The molecule has 0 heterocycles. The van der Waals surface area contributed by atoms with Crippen molar-refractivity contribution in [1.29, 1.82) is 0 Å². The topological polar surface area (TPSA) is 55.5 Å². The first-order valence-electron chi connectivity index (χ1n) is 4.70. The Morgan fingerprint density at radius 3 is 2.73 bits per heavy atom. The summed E-state index contributed by atoms with van der Waals surface area (Å²) >= 11 is 3.37. The van der Waals surface area contributed by atoms with Crippen molar-refractivity contribution in [3.05, 3.63) is 28.2 Å². The van der Waals surface area contributed by atoms with Gasteiger partial charge < -0.3 is 15.6 Å². The fourth-order valence-corrected chi connectivity index (χ4v) is 1.70. The molecule has 1 atom stereocenters. The molecule has 0 aliphatic heterocycles. The average molecular weight is 274 g/mol. The molecule has 1 unspecified atom stereocenters. The largest absolute Gasteiger partial charge is 0.496 e. The van der Waals surface area contributed by atoms with Crippen molar-refractivity contribution in [1.82, 2.24) is 0 Å². The number of benzene rings is 1. The second kappa shape index (κ2) is 4.96. The maximum absolute atomic E-state index is 9.10. The van der Waals surface area contributed by atoms with Crippen molar-refractivity contribution >= 4 is 15.9 Å². The Morgan fingerprint density at radius 1 is 1.53 bits per heavy atom. The molecule has 0 spiro atoms. The Morgan fingerprint density at radius 2 is 2.20 bits per heavy atom. The molecule has 0 saturated carbocycles. The van der Waals surface area contributed by atoms with Crippen molar-refractivity contribution in [2.75, 3.05) is 13.7 Å². The lowest BCUT2D eigenvalue weighted by atomic mass is 9.94. The molecule has 84 valence electrons. The molecule has 0 fully saturated rings. The van der Waals surface area contributed by atoms with Crippen LogP contribution in [-0.2, 0) is 6.42 Å². The van der Waals surface area contributed by atoms with E-state index in [2.05, 4.69) is 15.9 Å². The second-order valence-electron chi connectivity index (χ2n) is 3.95. The van der Waals surface area contributed by atoms with E-state index in [4.69, 9.17) is 15.6 Å². The number of halogens is 1. The van der Waals surface area contributed by atoms with Crippen LogP contribution in [-0.4, -0.2) is 24.4 Å². The monoisotopic (exact) mass is 273 g/mol. The number of hydrogen-bond acceptors (Lipinski definition) is 3. The van der Waals surface area contributed by atoms with Crippen molar-refractivity contribution in [3.8, 4) is 5.75 Å². The zero-order chi connectivity index (χ0) is 11.5. The van der Waals surface area contributed by atoms with Gasteiger partial charge in [0.05, 0.1) is 13.7 Å². The molecule has 0 aliphatic carbocycles. The SMILES string of the molecule is COc1cc(Br)ccc1CC(C)(N)CO. The van der Waals surface area contributed by atoms with Crippen LogP contribution in [0.2, 0.25) is 0 Å². The first kappa shape index (κ1) is 12.5. The molecule has 0 aromatic heterocycles. The van der Waals surface area contributed by atoms with Gasteiger partial charge in [-0.25, -0.2) is 0 Å². The summed E-state index contributed by atoms with van der Waals surface area (Å²) in [5, 5.41) is 9.10. The molecular formula is C11H16BrNO2. The van der Waals surface area contributed by atoms with Gasteiger partial charge in [0.2, 0.25) is 0 Å². The van der Waals surface area contributed by atoms with Gasteiger partial charge in [0, 0.05) is 10.0 Å². The highest BCUT2D eigenvalue weighted by Gasteiger charge is 2.19. The van der Waals surface area contributed by atoms with Crippen molar-refractivity contribution in [3.63, 3.8) is 0 Å². The first-order chi connectivity index (χ1) is 6.98. The molecule has 0 aliphatic rings. The van der Waals surface area contributed by atoms with E-state index in [0.29, 0.717) is 6.42 Å². The summed E-state index contributed by atoms with van der Waals surface area (Å²) in [5.74, 6) is 0.787. The Labute approximate surface area is 98.4 Å². The molecule has 0 amide bonds. The Hall–Kier alpha value is -0.580. The number of ether oxygens (including phenoxy) is 1. The lowest BCUT2D eigenvalue weighted by Crippen LogP contribution is -2.42. The van der Waals surface area contributed by atoms with Crippen LogP contribution in [0.3, 0.4) is 0 Å². The van der Waals surface area contributed by atoms with E-state index in [0.717, 1.165) is 15.8 Å². The van der Waals surface area contributed by atoms with Crippen LogP contribution < -0.4 is 10.5 Å². The van der Waals surface area contributed by atoms with E-state index < -0.39 is 5.54 Å². The third kappa shape index (κ3) is 3.48. The van der Waals surface area contributed by atoms with Crippen LogP contribution in [0.1, 0.15) is 12.5 Å². The lowest BCUT2D eigenvalue weighted by molar-refractivity contribution is 0.207. The van der Waals surface area contributed by atoms with Crippen molar-refractivity contribution in [2.24, 2.45) is 5.73 Å². The highest BCUT2D eigenvalue weighted by atomic mass is 79.9. The van der Waals surface area contributed by atoms with Crippen LogP contribution in [0.15, 0.2) is 22.7 Å². The van der Waals surface area contributed by atoms with Gasteiger partial charge in [0.25, 0.3) is 0 Å². The minimum atomic E-state index is -0.610. The van der Waals surface area contributed by atoms with E-state index in [9.17, 15) is 0 Å². The maximum Gasteiger partial charge on any atom is 0.123 e. The minimum absolute atomic E-state index is 0.0494. The van der Waals surface area contributed by atoms with Gasteiger partial charge >= 0.3 is 0 Å². The first-order valence-corrected chi connectivity index (χ1v) is 5.50. The maximum atomic E-state index is 9.10. The zero-order valence-corrected chi connectivity index (χ0v) is 10.5. The number of aliphatic hydroxyl groups excluding tert-OH is 1. The van der Waals surface area contributed by atoms with Gasteiger partial charge in [0.15, 0.2) is 0 Å². The molecule has 0 saturated heterocycles. The third-order valence-electron chi connectivity index (χ3n) is 2.20. The van der Waals surface area contributed by atoms with Gasteiger partial charge in [-0.15, -0.1) is 0 Å². The second-order valence-corrected chi connectivity index (χ2v) is 4.86. The van der Waals surface area contributed by atoms with Gasteiger partial charge in [-0.2, -0.15) is 0 Å². The van der Waals surface area contributed by atoms with Crippen LogP contribution in [0.25, 0.3) is 0 Å². The Kier molecular flexibility index (Phi) is 4.13. The molecule has 1 aromatic rings. The average Bonchev–Trinajstić information content (AvgIpc) is 2.20. The Bertz CT molecular complexity index is 339. The molecule has 1 rings (SSSR count). The van der Waals surface area contributed by atoms with E-state index in [1.807, 2.05) is 25.1 Å². The van der Waals surface area contributed by atoms with Crippen LogP contribution in [0.5, 0.6) is 5.75 Å². The number of hydrogen-bond donors (Lipinski definition) is 2. The summed E-state index contributed by atoms with van der Waals surface area (Å²) in [6.07, 6.45) is 0.583. The van der Waals surface area contributed by atoms with Crippen LogP contribution in [0, 0.1) is 0 Å². The smallest absolute Gasteiger partial charge is 0.123 e. The standard InChI is InChI=1S/C11H16BrNO2/c1-11(13,7-14)6-8-3-4-9(12)5-10(8)15-2/h3-5,14H,6-7,13H2,1-2H3. The predicted molar refractivity (Wildman–Crippen MR) is 64.1 cm³/mol. The quantitative estimate of drug-likeness (QED) is 0.878. The third-order valence-corrected chi connectivity index (χ3v) is 2.70.